The molecule has 3 heteroatoms. The highest BCUT2D eigenvalue weighted by Gasteiger charge is 1.79. The van der Waals surface area contributed by atoms with Gasteiger partial charge < -0.3 is 11.5 Å². The Morgan fingerprint density at radius 1 is 1.33 bits per heavy atom. The van der Waals surface area contributed by atoms with E-state index in [2.05, 4.69) is 6.58 Å². The lowest BCUT2D eigenvalue weighted by molar-refractivity contribution is 0.667. The number of nitrogens with two attached hydrogens (primary N) is 2. The molecular formula is C6H9FN2. The predicted octanol–water partition coefficient (Wildman–Crippen LogP) is 0.785. The standard InChI is InChI=1S/C6H9FN2/c1-2-5(7)3-4-6(8)9/h2-4H,1,8-9H2/b5-3+. The molecule has 0 aliphatic rings. The highest BCUT2D eigenvalue weighted by molar-refractivity contribution is 5.17. The molecule has 0 aromatic carbocycles. The lowest BCUT2D eigenvalue weighted by atomic mass is 10.4. The van der Waals surface area contributed by atoms with Gasteiger partial charge in [0.25, 0.3) is 0 Å². The third-order valence-electron chi connectivity index (χ3n) is 0.630. The third-order valence-corrected chi connectivity index (χ3v) is 0.630. The van der Waals surface area contributed by atoms with Crippen LogP contribution in [-0.2, 0) is 0 Å². The molecule has 0 unspecified atom stereocenters. The Morgan fingerprint density at radius 3 is 2.22 bits per heavy atom. The minimum atomic E-state index is -0.455. The quantitative estimate of drug-likeness (QED) is 0.540. The maximum Gasteiger partial charge on any atom is 0.122 e. The van der Waals surface area contributed by atoms with E-state index in [1.165, 1.54) is 6.08 Å². The molecule has 0 aromatic rings. The minimum absolute atomic E-state index is 0.0759. The summed E-state index contributed by atoms with van der Waals surface area (Å²) in [5, 5.41) is 0. The van der Waals surface area contributed by atoms with Crippen molar-refractivity contribution in [2.75, 3.05) is 0 Å². The molecule has 50 valence electrons. The fourth-order valence-electron chi connectivity index (χ4n) is 0.244. The van der Waals surface area contributed by atoms with Gasteiger partial charge in [-0.15, -0.1) is 0 Å². The van der Waals surface area contributed by atoms with Crippen LogP contribution in [-0.4, -0.2) is 0 Å². The molecule has 0 bridgehead atoms. The Labute approximate surface area is 53.3 Å². The van der Waals surface area contributed by atoms with E-state index >= 15 is 0 Å². The van der Waals surface area contributed by atoms with Gasteiger partial charge in [0.05, 0.1) is 5.82 Å². The van der Waals surface area contributed by atoms with Crippen molar-refractivity contribution in [3.8, 4) is 0 Å². The smallest absolute Gasteiger partial charge is 0.122 e. The van der Waals surface area contributed by atoms with E-state index < -0.39 is 5.83 Å². The van der Waals surface area contributed by atoms with Crippen molar-refractivity contribution in [2.24, 2.45) is 11.5 Å². The Kier molecular flexibility index (Phi) is 3.20. The molecule has 0 aromatic heterocycles. The molecule has 0 heterocycles. The molecule has 2 nitrogen and oxygen atoms in total. The van der Waals surface area contributed by atoms with Gasteiger partial charge in [-0.3, -0.25) is 0 Å². The fourth-order valence-corrected chi connectivity index (χ4v) is 0.244. The van der Waals surface area contributed by atoms with E-state index in [-0.39, 0.29) is 5.82 Å². The van der Waals surface area contributed by atoms with Crippen LogP contribution in [0.2, 0.25) is 0 Å². The molecule has 0 spiro atoms. The maximum atomic E-state index is 12.1. The van der Waals surface area contributed by atoms with Crippen molar-refractivity contribution < 1.29 is 4.39 Å². The zero-order valence-electron chi connectivity index (χ0n) is 4.97. The lowest BCUT2D eigenvalue weighted by Crippen LogP contribution is -2.06. The monoisotopic (exact) mass is 128 g/mol. The zero-order valence-corrected chi connectivity index (χ0v) is 4.97. The third kappa shape index (κ3) is 4.61. The van der Waals surface area contributed by atoms with Gasteiger partial charge in [-0.25, -0.2) is 4.39 Å². The molecule has 9 heavy (non-hydrogen) atoms. The van der Waals surface area contributed by atoms with Crippen molar-refractivity contribution in [3.05, 3.63) is 36.5 Å². The fraction of sp³-hybridized carbons (Fsp3) is 0. The Hall–Kier alpha value is -1.25. The van der Waals surface area contributed by atoms with Crippen LogP contribution in [0.25, 0.3) is 0 Å². The predicted molar refractivity (Wildman–Crippen MR) is 35.8 cm³/mol. The largest absolute Gasteiger partial charge is 0.386 e. The van der Waals surface area contributed by atoms with Crippen molar-refractivity contribution >= 4 is 0 Å². The molecular weight excluding hydrogens is 119 g/mol. The van der Waals surface area contributed by atoms with Crippen LogP contribution < -0.4 is 11.5 Å². The lowest BCUT2D eigenvalue weighted by Gasteiger charge is -1.84. The van der Waals surface area contributed by atoms with E-state index in [9.17, 15) is 4.39 Å². The van der Waals surface area contributed by atoms with Gasteiger partial charge in [0, 0.05) is 0 Å². The summed E-state index contributed by atoms with van der Waals surface area (Å²) in [7, 11) is 0. The second-order valence-corrected chi connectivity index (χ2v) is 1.42. The number of hydrogen-bond acceptors (Lipinski definition) is 2. The Morgan fingerprint density at radius 2 is 1.89 bits per heavy atom. The van der Waals surface area contributed by atoms with E-state index in [1.807, 2.05) is 0 Å². The SMILES string of the molecule is C=C/C(F)=C\C=C(N)N. The van der Waals surface area contributed by atoms with E-state index in [0.29, 0.717) is 0 Å². The van der Waals surface area contributed by atoms with Crippen molar-refractivity contribution in [3.63, 3.8) is 0 Å². The molecule has 0 atom stereocenters. The normalized spacial score (nSPS) is 10.6. The summed E-state index contributed by atoms with van der Waals surface area (Å²) in [6, 6.07) is 0. The molecule has 0 fully saturated rings. The minimum Gasteiger partial charge on any atom is -0.386 e. The van der Waals surface area contributed by atoms with Gasteiger partial charge in [0.2, 0.25) is 0 Å². The van der Waals surface area contributed by atoms with Gasteiger partial charge >= 0.3 is 0 Å². The first-order valence-corrected chi connectivity index (χ1v) is 2.37. The second kappa shape index (κ2) is 3.72. The van der Waals surface area contributed by atoms with Crippen molar-refractivity contribution in [1.29, 1.82) is 0 Å². The van der Waals surface area contributed by atoms with Crippen LogP contribution in [0.1, 0.15) is 0 Å². The van der Waals surface area contributed by atoms with Crippen LogP contribution in [0, 0.1) is 0 Å². The van der Waals surface area contributed by atoms with Crippen LogP contribution >= 0.6 is 0 Å². The summed E-state index contributed by atoms with van der Waals surface area (Å²) >= 11 is 0. The highest BCUT2D eigenvalue weighted by atomic mass is 19.1. The Balaban J connectivity index is 3.98. The highest BCUT2D eigenvalue weighted by Crippen LogP contribution is 1.95. The topological polar surface area (TPSA) is 52.0 Å². The van der Waals surface area contributed by atoms with Crippen molar-refractivity contribution in [2.45, 2.75) is 0 Å². The summed E-state index contributed by atoms with van der Waals surface area (Å²) in [6.07, 6.45) is 3.47. The molecule has 0 aliphatic heterocycles. The number of hydrogen-bond donors (Lipinski definition) is 2. The summed E-state index contributed by atoms with van der Waals surface area (Å²) in [5.74, 6) is -0.379. The first kappa shape index (κ1) is 7.75. The molecule has 0 saturated heterocycles. The van der Waals surface area contributed by atoms with Crippen LogP contribution in [0.4, 0.5) is 4.39 Å². The molecule has 0 rings (SSSR count). The molecule has 4 N–H and O–H groups in total. The summed E-state index contributed by atoms with van der Waals surface area (Å²) in [6.45, 7) is 3.18. The number of rotatable bonds is 2. The average molecular weight is 128 g/mol. The average Bonchev–Trinajstić information content (AvgIpc) is 1.83. The number of halogens is 1. The van der Waals surface area contributed by atoms with Crippen LogP contribution in [0.5, 0.6) is 0 Å². The van der Waals surface area contributed by atoms with Crippen molar-refractivity contribution in [1.82, 2.24) is 0 Å². The van der Waals surface area contributed by atoms with Gasteiger partial charge in [0.15, 0.2) is 0 Å². The Bertz CT molecular complexity index is 154. The molecule has 0 amide bonds. The summed E-state index contributed by atoms with van der Waals surface area (Å²) < 4.78 is 12.1. The van der Waals surface area contributed by atoms with E-state index in [0.717, 1.165) is 12.2 Å². The van der Waals surface area contributed by atoms with Gasteiger partial charge in [-0.05, 0) is 18.2 Å². The summed E-state index contributed by atoms with van der Waals surface area (Å²) in [5.41, 5.74) is 9.98. The van der Waals surface area contributed by atoms with Crippen LogP contribution in [0.15, 0.2) is 36.5 Å². The number of allylic oxidation sites excluding steroid dienone is 4. The van der Waals surface area contributed by atoms with Gasteiger partial charge in [0.1, 0.15) is 5.83 Å². The van der Waals surface area contributed by atoms with Gasteiger partial charge in [-0.2, -0.15) is 0 Å². The first-order chi connectivity index (χ1) is 4.16. The molecule has 0 saturated carbocycles. The second-order valence-electron chi connectivity index (χ2n) is 1.42. The summed E-state index contributed by atoms with van der Waals surface area (Å²) in [4.78, 5) is 0. The zero-order chi connectivity index (χ0) is 7.28. The molecule has 0 aliphatic carbocycles. The first-order valence-electron chi connectivity index (χ1n) is 2.37. The maximum absolute atomic E-state index is 12.1. The van der Waals surface area contributed by atoms with Gasteiger partial charge in [-0.1, -0.05) is 6.58 Å². The molecule has 0 radical (unpaired) electrons. The van der Waals surface area contributed by atoms with E-state index in [1.54, 1.807) is 0 Å². The van der Waals surface area contributed by atoms with Crippen LogP contribution in [0.3, 0.4) is 0 Å². The van der Waals surface area contributed by atoms with E-state index in [4.69, 9.17) is 11.5 Å².